The third-order valence-corrected chi connectivity index (χ3v) is 4.70. The van der Waals surface area contributed by atoms with Gasteiger partial charge in [-0.1, -0.05) is 26.0 Å². The number of amides is 1. The molecule has 0 fully saturated rings. The zero-order chi connectivity index (χ0) is 18.0. The largest absolute Gasteiger partial charge is 0.480 e. The molecule has 1 unspecified atom stereocenters. The summed E-state index contributed by atoms with van der Waals surface area (Å²) >= 11 is 1.47. The van der Waals surface area contributed by atoms with Crippen molar-refractivity contribution in [2.45, 2.75) is 26.3 Å². The predicted molar refractivity (Wildman–Crippen MR) is 95.7 cm³/mol. The number of aromatic nitrogens is 1. The number of carboxylic acids is 1. The number of hydrogen-bond donors (Lipinski definition) is 2. The summed E-state index contributed by atoms with van der Waals surface area (Å²) in [6.07, 6.45) is 0.354. The number of aliphatic carboxylic acids is 1. The van der Waals surface area contributed by atoms with Gasteiger partial charge in [0, 0.05) is 0 Å². The number of furan rings is 1. The van der Waals surface area contributed by atoms with E-state index in [-0.39, 0.29) is 11.7 Å². The first-order valence-electron chi connectivity index (χ1n) is 7.93. The topological polar surface area (TPSA) is 92.4 Å². The molecule has 25 heavy (non-hydrogen) atoms. The normalized spacial score (nSPS) is 12.4. The van der Waals surface area contributed by atoms with E-state index in [0.717, 1.165) is 10.2 Å². The van der Waals surface area contributed by atoms with Gasteiger partial charge in [-0.3, -0.25) is 4.79 Å². The molecule has 1 atom stereocenters. The second kappa shape index (κ2) is 7.06. The van der Waals surface area contributed by atoms with Gasteiger partial charge in [-0.05, 0) is 36.6 Å². The molecule has 2 aromatic heterocycles. The number of thiazole rings is 1. The van der Waals surface area contributed by atoms with Gasteiger partial charge in [-0.25, -0.2) is 9.78 Å². The van der Waals surface area contributed by atoms with E-state index in [2.05, 4.69) is 10.3 Å². The monoisotopic (exact) mass is 358 g/mol. The molecule has 0 bridgehead atoms. The Bertz CT molecular complexity index is 880. The van der Waals surface area contributed by atoms with E-state index in [0.29, 0.717) is 17.2 Å². The lowest BCUT2D eigenvalue weighted by atomic mass is 10.0. The van der Waals surface area contributed by atoms with Crippen molar-refractivity contribution in [3.8, 4) is 10.8 Å². The van der Waals surface area contributed by atoms with E-state index in [1.807, 2.05) is 38.1 Å². The number of nitrogens with zero attached hydrogens (tertiary/aromatic N) is 1. The molecule has 3 aromatic rings. The zero-order valence-corrected chi connectivity index (χ0v) is 14.7. The van der Waals surface area contributed by atoms with Crippen molar-refractivity contribution < 1.29 is 19.1 Å². The highest BCUT2D eigenvalue weighted by Gasteiger charge is 2.23. The summed E-state index contributed by atoms with van der Waals surface area (Å²) in [5.41, 5.74) is 0.868. The van der Waals surface area contributed by atoms with Gasteiger partial charge in [0.05, 0.1) is 10.2 Å². The molecule has 0 aliphatic rings. The van der Waals surface area contributed by atoms with Gasteiger partial charge in [0.2, 0.25) is 0 Å². The smallest absolute Gasteiger partial charge is 0.326 e. The van der Waals surface area contributed by atoms with Crippen molar-refractivity contribution in [3.63, 3.8) is 0 Å². The van der Waals surface area contributed by atoms with Crippen molar-refractivity contribution in [2.75, 3.05) is 0 Å². The van der Waals surface area contributed by atoms with Crippen LogP contribution in [0.5, 0.6) is 0 Å². The Labute approximate surface area is 148 Å². The van der Waals surface area contributed by atoms with Crippen LogP contribution >= 0.6 is 11.3 Å². The van der Waals surface area contributed by atoms with E-state index in [1.54, 1.807) is 6.07 Å². The van der Waals surface area contributed by atoms with E-state index in [4.69, 9.17) is 4.42 Å². The van der Waals surface area contributed by atoms with Crippen LogP contribution in [0.25, 0.3) is 21.0 Å². The van der Waals surface area contributed by atoms with Gasteiger partial charge in [0.1, 0.15) is 6.04 Å². The Balaban J connectivity index is 1.78. The minimum atomic E-state index is -1.06. The average molecular weight is 358 g/mol. The number of carbonyl (C=O) groups excluding carboxylic acids is 1. The summed E-state index contributed by atoms with van der Waals surface area (Å²) in [6, 6.07) is 9.99. The first-order chi connectivity index (χ1) is 11.9. The molecule has 0 aliphatic heterocycles. The Morgan fingerprint density at radius 3 is 2.68 bits per heavy atom. The van der Waals surface area contributed by atoms with Gasteiger partial charge in [-0.2, -0.15) is 0 Å². The van der Waals surface area contributed by atoms with Crippen LogP contribution in [0.15, 0.2) is 40.8 Å². The van der Waals surface area contributed by atoms with Crippen LogP contribution in [0.4, 0.5) is 0 Å². The second-order valence-electron chi connectivity index (χ2n) is 6.14. The molecule has 1 aromatic carbocycles. The van der Waals surface area contributed by atoms with Gasteiger partial charge in [0.25, 0.3) is 5.91 Å². The Hall–Kier alpha value is -2.67. The zero-order valence-electron chi connectivity index (χ0n) is 13.9. The maximum absolute atomic E-state index is 12.3. The molecular weight excluding hydrogens is 340 g/mol. The van der Waals surface area contributed by atoms with E-state index < -0.39 is 17.9 Å². The molecule has 0 aliphatic carbocycles. The van der Waals surface area contributed by atoms with Crippen molar-refractivity contribution in [3.05, 3.63) is 42.2 Å². The van der Waals surface area contributed by atoms with Gasteiger partial charge in [-0.15, -0.1) is 11.3 Å². The van der Waals surface area contributed by atoms with Crippen molar-refractivity contribution in [1.82, 2.24) is 10.3 Å². The van der Waals surface area contributed by atoms with Crippen LogP contribution in [0.1, 0.15) is 30.8 Å². The van der Waals surface area contributed by atoms with E-state index in [9.17, 15) is 14.7 Å². The summed E-state index contributed by atoms with van der Waals surface area (Å²) in [5.74, 6) is -0.886. The molecule has 0 saturated carbocycles. The molecule has 1 amide bonds. The molecular formula is C18H18N2O4S. The number of benzene rings is 1. The lowest BCUT2D eigenvalue weighted by Gasteiger charge is -2.15. The van der Waals surface area contributed by atoms with Gasteiger partial charge < -0.3 is 14.8 Å². The Kier molecular flexibility index (Phi) is 4.85. The first-order valence-corrected chi connectivity index (χ1v) is 8.75. The molecule has 130 valence electrons. The van der Waals surface area contributed by atoms with Crippen molar-refractivity contribution in [1.29, 1.82) is 0 Å². The summed E-state index contributed by atoms with van der Waals surface area (Å²) in [4.78, 5) is 28.0. The fraction of sp³-hybridized carbons (Fsp3) is 0.278. The third kappa shape index (κ3) is 3.88. The minimum Gasteiger partial charge on any atom is -0.480 e. The molecule has 7 heteroatoms. The Morgan fingerprint density at radius 1 is 1.24 bits per heavy atom. The van der Waals surface area contributed by atoms with Gasteiger partial charge in [0.15, 0.2) is 16.5 Å². The summed E-state index contributed by atoms with van der Waals surface area (Å²) in [7, 11) is 0. The van der Waals surface area contributed by atoms with Crippen LogP contribution in [0, 0.1) is 5.92 Å². The number of nitrogens with one attached hydrogen (secondary N) is 1. The Morgan fingerprint density at radius 2 is 2.00 bits per heavy atom. The minimum absolute atomic E-state index is 0.0734. The van der Waals surface area contributed by atoms with Crippen LogP contribution < -0.4 is 5.32 Å². The first kappa shape index (κ1) is 17.2. The van der Waals surface area contributed by atoms with Crippen LogP contribution in [-0.4, -0.2) is 28.0 Å². The van der Waals surface area contributed by atoms with Crippen molar-refractivity contribution >= 4 is 33.4 Å². The maximum atomic E-state index is 12.3. The van der Waals surface area contributed by atoms with Crippen LogP contribution in [-0.2, 0) is 4.79 Å². The fourth-order valence-corrected chi connectivity index (χ4v) is 3.40. The SMILES string of the molecule is CC(C)CC(NC(=O)c1ccc(-c2nc3ccccc3s2)o1)C(=O)O. The quantitative estimate of drug-likeness (QED) is 0.699. The summed E-state index contributed by atoms with van der Waals surface area (Å²) < 4.78 is 6.62. The lowest BCUT2D eigenvalue weighted by Crippen LogP contribution is -2.41. The average Bonchev–Trinajstić information content (AvgIpc) is 3.20. The molecule has 2 heterocycles. The summed E-state index contributed by atoms with van der Waals surface area (Å²) in [5, 5.41) is 12.4. The molecule has 6 nitrogen and oxygen atoms in total. The molecule has 0 radical (unpaired) electrons. The molecule has 3 rings (SSSR count). The maximum Gasteiger partial charge on any atom is 0.326 e. The molecule has 0 spiro atoms. The second-order valence-corrected chi connectivity index (χ2v) is 7.18. The highest BCUT2D eigenvalue weighted by atomic mass is 32.1. The molecule has 0 saturated heterocycles. The van der Waals surface area contributed by atoms with Crippen LogP contribution in [0.3, 0.4) is 0 Å². The van der Waals surface area contributed by atoms with E-state index >= 15 is 0 Å². The van der Waals surface area contributed by atoms with Crippen LogP contribution in [0.2, 0.25) is 0 Å². The predicted octanol–water partition coefficient (Wildman–Crippen LogP) is 3.79. The number of para-hydroxylation sites is 1. The number of rotatable bonds is 6. The molecule has 2 N–H and O–H groups in total. The summed E-state index contributed by atoms with van der Waals surface area (Å²) in [6.45, 7) is 3.81. The third-order valence-electron chi connectivity index (χ3n) is 3.64. The number of carbonyl (C=O) groups is 2. The highest BCUT2D eigenvalue weighted by Crippen LogP contribution is 2.31. The lowest BCUT2D eigenvalue weighted by molar-refractivity contribution is -0.139. The number of hydrogen-bond acceptors (Lipinski definition) is 5. The highest BCUT2D eigenvalue weighted by molar-refractivity contribution is 7.21. The standard InChI is InChI=1S/C18H18N2O4S/c1-10(2)9-12(18(22)23)19-16(21)13-7-8-14(24-13)17-20-11-5-3-4-6-15(11)25-17/h3-8,10,12H,9H2,1-2H3,(H,19,21)(H,22,23). The number of fused-ring (bicyclic) bond motifs is 1. The van der Waals surface area contributed by atoms with E-state index in [1.165, 1.54) is 17.4 Å². The van der Waals surface area contributed by atoms with Crippen molar-refractivity contribution in [2.24, 2.45) is 5.92 Å². The van der Waals surface area contributed by atoms with Gasteiger partial charge >= 0.3 is 5.97 Å². The fourth-order valence-electron chi connectivity index (χ4n) is 2.47. The number of carboxylic acid groups (broad SMARTS) is 1.